The summed E-state index contributed by atoms with van der Waals surface area (Å²) in [6.07, 6.45) is 6.75. The number of rotatable bonds is 5. The summed E-state index contributed by atoms with van der Waals surface area (Å²) in [7, 11) is 0. The van der Waals surface area contributed by atoms with E-state index in [-0.39, 0.29) is 6.61 Å². The maximum Gasteiger partial charge on any atom is 0.119 e. The first-order valence-corrected chi connectivity index (χ1v) is 7.17. The third kappa shape index (κ3) is 3.49. The van der Waals surface area contributed by atoms with Crippen LogP contribution in [-0.4, -0.2) is 18.3 Å². The van der Waals surface area contributed by atoms with Crippen LogP contribution < -0.4 is 4.74 Å². The average Bonchev–Trinajstić information content (AvgIpc) is 2.46. The predicted molar refractivity (Wildman–Crippen MR) is 74.0 cm³/mol. The topological polar surface area (TPSA) is 29.5 Å². The van der Waals surface area contributed by atoms with Crippen LogP contribution in [0.1, 0.15) is 50.5 Å². The summed E-state index contributed by atoms with van der Waals surface area (Å²) >= 11 is 0. The smallest absolute Gasteiger partial charge is 0.119 e. The largest absolute Gasteiger partial charge is 0.491 e. The molecule has 18 heavy (non-hydrogen) atoms. The van der Waals surface area contributed by atoms with E-state index in [0.29, 0.717) is 6.61 Å². The van der Waals surface area contributed by atoms with Gasteiger partial charge in [-0.2, -0.15) is 0 Å². The number of hydrogen-bond acceptors (Lipinski definition) is 2. The number of aliphatic hydroxyl groups is 1. The Morgan fingerprint density at radius 3 is 2.33 bits per heavy atom. The van der Waals surface area contributed by atoms with Gasteiger partial charge in [0.1, 0.15) is 12.4 Å². The Balaban J connectivity index is 1.89. The van der Waals surface area contributed by atoms with Crippen LogP contribution in [0.5, 0.6) is 5.75 Å². The molecule has 0 aromatic heterocycles. The minimum Gasteiger partial charge on any atom is -0.491 e. The molecule has 1 fully saturated rings. The lowest BCUT2D eigenvalue weighted by molar-refractivity contribution is 0.201. The lowest BCUT2D eigenvalue weighted by Crippen LogP contribution is -2.12. The maximum absolute atomic E-state index is 8.71. The van der Waals surface area contributed by atoms with Crippen molar-refractivity contribution >= 4 is 0 Å². The molecule has 2 rings (SSSR count). The SMILES string of the molecule is CC[C@H]1CC[C@H](c2ccc(OCCO)cc2)CC1. The zero-order valence-electron chi connectivity index (χ0n) is 11.3. The monoisotopic (exact) mass is 248 g/mol. The second-order valence-corrected chi connectivity index (χ2v) is 5.27. The second-order valence-electron chi connectivity index (χ2n) is 5.27. The fraction of sp³-hybridized carbons (Fsp3) is 0.625. The van der Waals surface area contributed by atoms with Crippen LogP contribution in [0, 0.1) is 5.92 Å². The van der Waals surface area contributed by atoms with Crippen molar-refractivity contribution in [2.75, 3.05) is 13.2 Å². The Labute approximate surface area is 110 Å². The molecule has 1 aliphatic rings. The Morgan fingerprint density at radius 1 is 1.11 bits per heavy atom. The third-order valence-corrected chi connectivity index (χ3v) is 4.14. The first kappa shape index (κ1) is 13.4. The third-order valence-electron chi connectivity index (χ3n) is 4.14. The Kier molecular flexibility index (Phi) is 5.06. The molecule has 0 saturated heterocycles. The number of benzene rings is 1. The van der Waals surface area contributed by atoms with Crippen LogP contribution in [0.3, 0.4) is 0 Å². The summed E-state index contributed by atoms with van der Waals surface area (Å²) < 4.78 is 5.38. The van der Waals surface area contributed by atoms with Crippen molar-refractivity contribution in [1.82, 2.24) is 0 Å². The maximum atomic E-state index is 8.71. The zero-order chi connectivity index (χ0) is 12.8. The number of aliphatic hydroxyl groups excluding tert-OH is 1. The van der Waals surface area contributed by atoms with Gasteiger partial charge in [-0.3, -0.25) is 0 Å². The standard InChI is InChI=1S/C16H24O2/c1-2-13-3-5-14(6-4-13)15-7-9-16(10-8-15)18-12-11-17/h7-10,13-14,17H,2-6,11-12H2,1H3/t13-,14-. The molecule has 1 aromatic carbocycles. The average molecular weight is 248 g/mol. The summed E-state index contributed by atoms with van der Waals surface area (Å²) in [5.74, 6) is 2.54. The van der Waals surface area contributed by atoms with Gasteiger partial charge in [-0.25, -0.2) is 0 Å². The van der Waals surface area contributed by atoms with Gasteiger partial charge in [-0.15, -0.1) is 0 Å². The van der Waals surface area contributed by atoms with Gasteiger partial charge in [0.2, 0.25) is 0 Å². The van der Waals surface area contributed by atoms with Crippen molar-refractivity contribution in [3.8, 4) is 5.75 Å². The Hall–Kier alpha value is -1.02. The Morgan fingerprint density at radius 2 is 1.78 bits per heavy atom. The van der Waals surface area contributed by atoms with Gasteiger partial charge in [0.15, 0.2) is 0 Å². The van der Waals surface area contributed by atoms with Crippen molar-refractivity contribution < 1.29 is 9.84 Å². The molecule has 0 spiro atoms. The molecule has 1 aromatic rings. The van der Waals surface area contributed by atoms with Crippen molar-refractivity contribution in [2.24, 2.45) is 5.92 Å². The van der Waals surface area contributed by atoms with E-state index in [1.807, 2.05) is 12.1 Å². The molecular formula is C16H24O2. The molecule has 1 N–H and O–H groups in total. The van der Waals surface area contributed by atoms with Gasteiger partial charge in [0.05, 0.1) is 6.61 Å². The second kappa shape index (κ2) is 6.79. The summed E-state index contributed by atoms with van der Waals surface area (Å²) in [5, 5.41) is 8.71. The van der Waals surface area contributed by atoms with Crippen LogP contribution in [0.4, 0.5) is 0 Å². The van der Waals surface area contributed by atoms with Crippen LogP contribution in [0.2, 0.25) is 0 Å². The summed E-state index contributed by atoms with van der Waals surface area (Å²) in [6, 6.07) is 8.42. The van der Waals surface area contributed by atoms with E-state index in [1.165, 1.54) is 37.7 Å². The molecule has 0 radical (unpaired) electrons. The van der Waals surface area contributed by atoms with Gasteiger partial charge in [0.25, 0.3) is 0 Å². The molecule has 1 saturated carbocycles. The molecule has 0 atom stereocenters. The van der Waals surface area contributed by atoms with E-state index in [0.717, 1.165) is 17.6 Å². The summed E-state index contributed by atoms with van der Waals surface area (Å²) in [4.78, 5) is 0. The lowest BCUT2D eigenvalue weighted by Gasteiger charge is -2.28. The van der Waals surface area contributed by atoms with Gasteiger partial charge in [0, 0.05) is 0 Å². The van der Waals surface area contributed by atoms with Crippen LogP contribution in [-0.2, 0) is 0 Å². The summed E-state index contributed by atoms with van der Waals surface area (Å²) in [6.45, 7) is 2.75. The highest BCUT2D eigenvalue weighted by atomic mass is 16.5. The highest BCUT2D eigenvalue weighted by molar-refractivity contribution is 5.29. The van der Waals surface area contributed by atoms with Crippen molar-refractivity contribution in [2.45, 2.75) is 44.9 Å². The molecule has 0 aliphatic heterocycles. The predicted octanol–water partition coefficient (Wildman–Crippen LogP) is 3.74. The van der Waals surface area contributed by atoms with Crippen molar-refractivity contribution in [1.29, 1.82) is 0 Å². The minimum absolute atomic E-state index is 0.0722. The normalized spacial score (nSPS) is 23.9. The first-order valence-electron chi connectivity index (χ1n) is 7.17. The molecule has 0 amide bonds. The number of hydrogen-bond donors (Lipinski definition) is 1. The Bertz CT molecular complexity index is 337. The van der Waals surface area contributed by atoms with E-state index in [2.05, 4.69) is 19.1 Å². The fourth-order valence-corrected chi connectivity index (χ4v) is 2.90. The van der Waals surface area contributed by atoms with Crippen LogP contribution >= 0.6 is 0 Å². The summed E-state index contributed by atoms with van der Waals surface area (Å²) in [5.41, 5.74) is 1.45. The molecular weight excluding hydrogens is 224 g/mol. The molecule has 0 bridgehead atoms. The fourth-order valence-electron chi connectivity index (χ4n) is 2.90. The quantitative estimate of drug-likeness (QED) is 0.860. The number of ether oxygens (including phenoxy) is 1. The highest BCUT2D eigenvalue weighted by Crippen LogP contribution is 2.37. The van der Waals surface area contributed by atoms with Gasteiger partial charge >= 0.3 is 0 Å². The van der Waals surface area contributed by atoms with E-state index < -0.39 is 0 Å². The van der Waals surface area contributed by atoms with Crippen LogP contribution in [0.15, 0.2) is 24.3 Å². The van der Waals surface area contributed by atoms with E-state index in [4.69, 9.17) is 9.84 Å². The highest BCUT2D eigenvalue weighted by Gasteiger charge is 2.20. The molecule has 100 valence electrons. The molecule has 2 nitrogen and oxygen atoms in total. The molecule has 0 heterocycles. The van der Waals surface area contributed by atoms with E-state index in [1.54, 1.807) is 0 Å². The van der Waals surface area contributed by atoms with Gasteiger partial charge in [-0.05, 0) is 55.2 Å². The van der Waals surface area contributed by atoms with Crippen LogP contribution in [0.25, 0.3) is 0 Å². The molecule has 1 aliphatic carbocycles. The van der Waals surface area contributed by atoms with E-state index >= 15 is 0 Å². The van der Waals surface area contributed by atoms with Gasteiger partial charge in [-0.1, -0.05) is 25.5 Å². The lowest BCUT2D eigenvalue weighted by atomic mass is 9.78. The zero-order valence-corrected chi connectivity index (χ0v) is 11.3. The van der Waals surface area contributed by atoms with Gasteiger partial charge < -0.3 is 9.84 Å². The van der Waals surface area contributed by atoms with Crippen molar-refractivity contribution in [3.05, 3.63) is 29.8 Å². The van der Waals surface area contributed by atoms with Crippen molar-refractivity contribution in [3.63, 3.8) is 0 Å². The van der Waals surface area contributed by atoms with E-state index in [9.17, 15) is 0 Å². The first-order chi connectivity index (χ1) is 8.83. The molecule has 2 heteroatoms. The molecule has 0 unspecified atom stereocenters. The minimum atomic E-state index is 0.0722.